The molecule has 0 aliphatic carbocycles. The summed E-state index contributed by atoms with van der Waals surface area (Å²) in [6, 6.07) is 10.5. The van der Waals surface area contributed by atoms with E-state index in [2.05, 4.69) is 10.3 Å². The number of ether oxygens (including phenoxy) is 2. The Labute approximate surface area is 183 Å². The first-order valence-corrected chi connectivity index (χ1v) is 12.3. The highest BCUT2D eigenvalue weighted by atomic mass is 32.2. The number of amides is 1. The molecular formula is C21H19N3O5S2. The van der Waals surface area contributed by atoms with Gasteiger partial charge in [-0.15, -0.1) is 11.3 Å². The van der Waals surface area contributed by atoms with Crippen molar-refractivity contribution in [1.29, 1.82) is 0 Å². The molecule has 31 heavy (non-hydrogen) atoms. The minimum absolute atomic E-state index is 0.175. The van der Waals surface area contributed by atoms with Gasteiger partial charge in [-0.1, -0.05) is 0 Å². The standard InChI is InChI=1S/C21H19N3O5S2/c1-12-7-15-8-14(3-5-17(15)24(12)31(2,26)27)20(25)23-21-22-16(10-30-21)13-4-6-18-19(9-13)29-11-28-18/h3-6,8-10,12H,7,11H2,1-2H3,(H,22,23,25). The number of carbonyl (C=O) groups is 1. The van der Waals surface area contributed by atoms with Crippen LogP contribution in [0.2, 0.25) is 0 Å². The molecule has 1 N–H and O–H groups in total. The van der Waals surface area contributed by atoms with Crippen molar-refractivity contribution in [2.45, 2.75) is 19.4 Å². The summed E-state index contributed by atoms with van der Waals surface area (Å²) in [5.74, 6) is 1.08. The van der Waals surface area contributed by atoms with Crippen LogP contribution in [0.25, 0.3) is 11.3 Å². The molecule has 1 amide bonds. The Balaban J connectivity index is 1.34. The molecule has 160 valence electrons. The van der Waals surface area contributed by atoms with Crippen LogP contribution in [0, 0.1) is 0 Å². The van der Waals surface area contributed by atoms with Gasteiger partial charge < -0.3 is 9.47 Å². The molecule has 0 saturated carbocycles. The van der Waals surface area contributed by atoms with E-state index < -0.39 is 10.0 Å². The van der Waals surface area contributed by atoms with Gasteiger partial charge in [-0.3, -0.25) is 14.4 Å². The third-order valence-corrected chi connectivity index (χ3v) is 7.27. The summed E-state index contributed by atoms with van der Waals surface area (Å²) in [7, 11) is -3.37. The molecule has 1 aromatic heterocycles. The number of carbonyl (C=O) groups excluding carboxylic acids is 1. The Morgan fingerprint density at radius 1 is 1.19 bits per heavy atom. The zero-order chi connectivity index (χ0) is 21.8. The molecule has 2 aliphatic heterocycles. The van der Waals surface area contributed by atoms with Gasteiger partial charge in [0.25, 0.3) is 5.91 Å². The lowest BCUT2D eigenvalue weighted by atomic mass is 10.1. The maximum atomic E-state index is 12.8. The number of nitrogens with one attached hydrogen (secondary N) is 1. The summed E-state index contributed by atoms with van der Waals surface area (Å²) in [6.07, 6.45) is 1.76. The third-order valence-electron chi connectivity index (χ3n) is 5.25. The molecule has 0 bridgehead atoms. The first-order chi connectivity index (χ1) is 14.8. The summed E-state index contributed by atoms with van der Waals surface area (Å²) in [4.78, 5) is 17.3. The van der Waals surface area contributed by atoms with E-state index in [1.165, 1.54) is 21.9 Å². The summed E-state index contributed by atoms with van der Waals surface area (Å²) in [6.45, 7) is 2.06. The molecule has 2 aliphatic rings. The van der Waals surface area contributed by atoms with Crippen molar-refractivity contribution in [2.75, 3.05) is 22.7 Å². The fourth-order valence-electron chi connectivity index (χ4n) is 3.94. The van der Waals surface area contributed by atoms with Gasteiger partial charge in [0.15, 0.2) is 16.6 Å². The monoisotopic (exact) mass is 457 g/mol. The molecule has 10 heteroatoms. The number of hydrogen-bond donors (Lipinski definition) is 1. The molecular weight excluding hydrogens is 438 g/mol. The van der Waals surface area contributed by atoms with Crippen molar-refractivity contribution < 1.29 is 22.7 Å². The van der Waals surface area contributed by atoms with E-state index in [1.807, 2.05) is 30.5 Å². The molecule has 2 aromatic carbocycles. The van der Waals surface area contributed by atoms with E-state index in [0.717, 1.165) is 16.8 Å². The van der Waals surface area contributed by atoms with E-state index in [0.29, 0.717) is 34.3 Å². The van der Waals surface area contributed by atoms with Gasteiger partial charge in [0.1, 0.15) is 0 Å². The van der Waals surface area contributed by atoms with Crippen LogP contribution in [0.3, 0.4) is 0 Å². The first-order valence-electron chi connectivity index (χ1n) is 9.59. The molecule has 3 aromatic rings. The molecule has 1 atom stereocenters. The lowest BCUT2D eigenvalue weighted by Gasteiger charge is -2.21. The lowest BCUT2D eigenvalue weighted by Crippen LogP contribution is -2.34. The van der Waals surface area contributed by atoms with Crippen LogP contribution >= 0.6 is 11.3 Å². The van der Waals surface area contributed by atoms with Crippen molar-refractivity contribution in [3.05, 3.63) is 52.9 Å². The first kappa shape index (κ1) is 19.8. The molecule has 8 nitrogen and oxygen atoms in total. The van der Waals surface area contributed by atoms with E-state index in [4.69, 9.17) is 9.47 Å². The van der Waals surface area contributed by atoms with Gasteiger partial charge in [0.05, 0.1) is 17.6 Å². The van der Waals surface area contributed by atoms with Gasteiger partial charge in [-0.05, 0) is 55.3 Å². The van der Waals surface area contributed by atoms with Crippen LogP contribution in [0.4, 0.5) is 10.8 Å². The van der Waals surface area contributed by atoms with Crippen molar-refractivity contribution >= 4 is 38.1 Å². The topological polar surface area (TPSA) is 97.8 Å². The fourth-order valence-corrected chi connectivity index (χ4v) is 5.92. The van der Waals surface area contributed by atoms with Gasteiger partial charge in [-0.2, -0.15) is 0 Å². The maximum absolute atomic E-state index is 12.8. The molecule has 5 rings (SSSR count). The van der Waals surface area contributed by atoms with Crippen molar-refractivity contribution in [1.82, 2.24) is 4.98 Å². The number of hydrogen-bond acceptors (Lipinski definition) is 7. The summed E-state index contributed by atoms with van der Waals surface area (Å²) < 4.78 is 36.3. The van der Waals surface area contributed by atoms with Crippen molar-refractivity contribution in [3.8, 4) is 22.8 Å². The van der Waals surface area contributed by atoms with Crippen molar-refractivity contribution in [3.63, 3.8) is 0 Å². The minimum Gasteiger partial charge on any atom is -0.454 e. The minimum atomic E-state index is -3.37. The summed E-state index contributed by atoms with van der Waals surface area (Å²) in [5, 5.41) is 5.16. The smallest absolute Gasteiger partial charge is 0.257 e. The number of nitrogens with zero attached hydrogens (tertiary/aromatic N) is 2. The number of fused-ring (bicyclic) bond motifs is 2. The largest absolute Gasteiger partial charge is 0.454 e. The van der Waals surface area contributed by atoms with E-state index in [1.54, 1.807) is 18.2 Å². The number of sulfonamides is 1. The molecule has 0 fully saturated rings. The predicted octanol–water partition coefficient (Wildman–Crippen LogP) is 3.50. The van der Waals surface area contributed by atoms with E-state index in [-0.39, 0.29) is 18.7 Å². The summed E-state index contributed by atoms with van der Waals surface area (Å²) in [5.41, 5.74) is 3.52. The average molecular weight is 458 g/mol. The quantitative estimate of drug-likeness (QED) is 0.644. The number of rotatable bonds is 4. The van der Waals surface area contributed by atoms with Crippen LogP contribution in [0.15, 0.2) is 41.8 Å². The van der Waals surface area contributed by atoms with Crippen LogP contribution in [-0.4, -0.2) is 38.4 Å². The Bertz CT molecular complexity index is 1300. The number of thiazole rings is 1. The normalized spacial score (nSPS) is 17.0. The summed E-state index contributed by atoms with van der Waals surface area (Å²) >= 11 is 1.33. The van der Waals surface area contributed by atoms with E-state index in [9.17, 15) is 13.2 Å². The second-order valence-corrected chi connectivity index (χ2v) is 10.2. The Hall–Kier alpha value is -3.11. The van der Waals surface area contributed by atoms with Crippen LogP contribution < -0.4 is 19.1 Å². The zero-order valence-corrected chi connectivity index (χ0v) is 18.4. The number of anilines is 2. The van der Waals surface area contributed by atoms with Crippen LogP contribution in [0.1, 0.15) is 22.8 Å². The SMILES string of the molecule is CC1Cc2cc(C(=O)Nc3nc(-c4ccc5c(c4)OCO5)cs3)ccc2N1S(C)(=O)=O. The second kappa shape index (κ2) is 7.24. The Kier molecular flexibility index (Phi) is 4.63. The highest BCUT2D eigenvalue weighted by Crippen LogP contribution is 2.37. The lowest BCUT2D eigenvalue weighted by molar-refractivity contribution is 0.102. The Morgan fingerprint density at radius 3 is 2.81 bits per heavy atom. The maximum Gasteiger partial charge on any atom is 0.257 e. The Morgan fingerprint density at radius 2 is 2.00 bits per heavy atom. The molecule has 1 unspecified atom stereocenters. The highest BCUT2D eigenvalue weighted by Gasteiger charge is 2.32. The average Bonchev–Trinajstić information content (AvgIpc) is 3.43. The molecule has 0 radical (unpaired) electrons. The van der Waals surface area contributed by atoms with Gasteiger partial charge in [-0.25, -0.2) is 13.4 Å². The fraction of sp³-hybridized carbons (Fsp3) is 0.238. The van der Waals surface area contributed by atoms with Crippen LogP contribution in [-0.2, 0) is 16.4 Å². The third kappa shape index (κ3) is 3.61. The predicted molar refractivity (Wildman–Crippen MR) is 119 cm³/mol. The molecule has 0 saturated heterocycles. The molecule has 0 spiro atoms. The van der Waals surface area contributed by atoms with Crippen molar-refractivity contribution in [2.24, 2.45) is 0 Å². The van der Waals surface area contributed by atoms with Gasteiger partial charge in [0, 0.05) is 22.5 Å². The highest BCUT2D eigenvalue weighted by molar-refractivity contribution is 7.92. The molecule has 3 heterocycles. The second-order valence-electron chi connectivity index (χ2n) is 7.52. The zero-order valence-electron chi connectivity index (χ0n) is 16.8. The van der Waals surface area contributed by atoms with Gasteiger partial charge >= 0.3 is 0 Å². The van der Waals surface area contributed by atoms with Gasteiger partial charge in [0.2, 0.25) is 16.8 Å². The number of aromatic nitrogens is 1. The number of benzene rings is 2. The van der Waals surface area contributed by atoms with E-state index >= 15 is 0 Å². The van der Waals surface area contributed by atoms with Crippen LogP contribution in [0.5, 0.6) is 11.5 Å².